The molecule has 0 saturated heterocycles. The molecule has 0 amide bonds. The number of rotatable bonds is 4. The zero-order valence-electron chi connectivity index (χ0n) is 8.85. The van der Waals surface area contributed by atoms with E-state index >= 15 is 0 Å². The van der Waals surface area contributed by atoms with Crippen LogP contribution < -0.4 is 10.5 Å². The molecule has 15 heavy (non-hydrogen) atoms. The number of halogens is 1. The van der Waals surface area contributed by atoms with Gasteiger partial charge in [0.2, 0.25) is 5.88 Å². The number of hydrogen-bond acceptors (Lipinski definition) is 3. The van der Waals surface area contributed by atoms with Crippen LogP contribution in [0.4, 0.5) is 0 Å². The van der Waals surface area contributed by atoms with Crippen molar-refractivity contribution >= 4 is 12.4 Å². The monoisotopic (exact) mass is 228 g/mol. The molecule has 0 spiro atoms. The number of ether oxygens (including phenoxy) is 1. The van der Waals surface area contributed by atoms with Crippen LogP contribution >= 0.6 is 12.4 Å². The summed E-state index contributed by atoms with van der Waals surface area (Å²) < 4.78 is 4.99. The summed E-state index contributed by atoms with van der Waals surface area (Å²) in [5.74, 6) is 1.50. The zero-order chi connectivity index (χ0) is 9.97. The molecule has 1 aliphatic carbocycles. The molecule has 1 aliphatic rings. The van der Waals surface area contributed by atoms with Gasteiger partial charge in [-0.15, -0.1) is 12.4 Å². The normalized spacial score (nSPS) is 16.7. The summed E-state index contributed by atoms with van der Waals surface area (Å²) in [6.45, 7) is 0. The molecule has 84 valence electrons. The Balaban J connectivity index is 0.00000112. The minimum absolute atomic E-state index is 0. The Labute approximate surface area is 96.4 Å². The summed E-state index contributed by atoms with van der Waals surface area (Å²) in [5.41, 5.74) is 7.16. The van der Waals surface area contributed by atoms with Gasteiger partial charge in [0.05, 0.1) is 7.11 Å². The molecule has 3 nitrogen and oxygen atoms in total. The molecule has 1 atom stereocenters. The molecule has 0 aliphatic heterocycles. The summed E-state index contributed by atoms with van der Waals surface area (Å²) in [5, 5.41) is 0. The van der Waals surface area contributed by atoms with Crippen LogP contribution in [0.15, 0.2) is 18.3 Å². The van der Waals surface area contributed by atoms with E-state index in [1.54, 1.807) is 7.11 Å². The molecule has 1 aromatic heterocycles. The van der Waals surface area contributed by atoms with Crippen molar-refractivity contribution in [3.63, 3.8) is 0 Å². The van der Waals surface area contributed by atoms with Gasteiger partial charge >= 0.3 is 0 Å². The Morgan fingerprint density at radius 2 is 2.27 bits per heavy atom. The number of nitrogens with zero attached hydrogens (tertiary/aromatic N) is 1. The molecule has 4 heteroatoms. The molecule has 0 unspecified atom stereocenters. The summed E-state index contributed by atoms with van der Waals surface area (Å²) in [6.07, 6.45) is 5.59. The molecule has 0 radical (unpaired) electrons. The van der Waals surface area contributed by atoms with Crippen LogP contribution in [0.5, 0.6) is 5.88 Å². The highest BCUT2D eigenvalue weighted by Gasteiger charge is 2.24. The van der Waals surface area contributed by atoms with Gasteiger partial charge in [-0.25, -0.2) is 4.98 Å². The molecule has 0 bridgehead atoms. The van der Waals surface area contributed by atoms with Crippen molar-refractivity contribution in [2.75, 3.05) is 7.11 Å². The smallest absolute Gasteiger partial charge is 0.212 e. The third-order valence-electron chi connectivity index (χ3n) is 2.68. The van der Waals surface area contributed by atoms with Crippen molar-refractivity contribution < 1.29 is 4.74 Å². The second-order valence-electron chi connectivity index (χ2n) is 3.92. The molecule has 1 fully saturated rings. The lowest BCUT2D eigenvalue weighted by molar-refractivity contribution is 0.397. The number of hydrogen-bond donors (Lipinski definition) is 1. The fourth-order valence-electron chi connectivity index (χ4n) is 1.58. The lowest BCUT2D eigenvalue weighted by Crippen LogP contribution is -2.11. The molecular formula is C11H17ClN2O. The van der Waals surface area contributed by atoms with Crippen molar-refractivity contribution in [1.29, 1.82) is 0 Å². The van der Waals surface area contributed by atoms with E-state index in [2.05, 4.69) is 4.98 Å². The molecule has 1 heterocycles. The van der Waals surface area contributed by atoms with E-state index < -0.39 is 0 Å². The molecule has 2 N–H and O–H groups in total. The van der Waals surface area contributed by atoms with Crippen LogP contribution in [-0.4, -0.2) is 12.1 Å². The highest BCUT2D eigenvalue weighted by atomic mass is 35.5. The Bertz CT molecular complexity index is 298. The zero-order valence-corrected chi connectivity index (χ0v) is 9.67. The Morgan fingerprint density at radius 3 is 2.73 bits per heavy atom. The standard InChI is InChI=1S/C11H16N2O.ClH/c1-14-11-5-4-9(7-13-11)10(12)6-8-2-3-8;/h4-5,7-8,10H,2-3,6,12H2,1H3;1H/t10-;/m0./s1. The van der Waals surface area contributed by atoms with Gasteiger partial charge in [-0.2, -0.15) is 0 Å². The molecule has 1 saturated carbocycles. The van der Waals surface area contributed by atoms with E-state index in [9.17, 15) is 0 Å². The quantitative estimate of drug-likeness (QED) is 0.861. The third-order valence-corrected chi connectivity index (χ3v) is 2.68. The average molecular weight is 229 g/mol. The van der Waals surface area contributed by atoms with E-state index in [1.807, 2.05) is 18.3 Å². The SMILES string of the molecule is COc1ccc([C@@H](N)CC2CC2)cn1.Cl. The van der Waals surface area contributed by atoms with Crippen molar-refractivity contribution in [2.24, 2.45) is 11.7 Å². The van der Waals surface area contributed by atoms with Crippen molar-refractivity contribution in [3.05, 3.63) is 23.9 Å². The largest absolute Gasteiger partial charge is 0.481 e. The second kappa shape index (κ2) is 5.33. The Morgan fingerprint density at radius 1 is 1.53 bits per heavy atom. The van der Waals surface area contributed by atoms with Crippen molar-refractivity contribution in [1.82, 2.24) is 4.98 Å². The number of pyridine rings is 1. The first-order valence-electron chi connectivity index (χ1n) is 5.05. The van der Waals surface area contributed by atoms with Gasteiger partial charge in [-0.05, 0) is 17.9 Å². The predicted molar refractivity (Wildman–Crippen MR) is 62.3 cm³/mol. The second-order valence-corrected chi connectivity index (χ2v) is 3.92. The number of aromatic nitrogens is 1. The van der Waals surface area contributed by atoms with E-state index in [4.69, 9.17) is 10.5 Å². The van der Waals surface area contributed by atoms with Crippen molar-refractivity contribution in [3.8, 4) is 5.88 Å². The van der Waals surface area contributed by atoms with Crippen LogP contribution in [0.25, 0.3) is 0 Å². The molecular weight excluding hydrogens is 212 g/mol. The predicted octanol–water partition coefficient (Wildman–Crippen LogP) is 2.31. The van der Waals surface area contributed by atoms with Gasteiger partial charge in [-0.1, -0.05) is 18.9 Å². The van der Waals surface area contributed by atoms with Crippen LogP contribution in [0, 0.1) is 5.92 Å². The van der Waals surface area contributed by atoms with Crippen LogP contribution in [0.3, 0.4) is 0 Å². The summed E-state index contributed by atoms with van der Waals surface area (Å²) in [4.78, 5) is 4.14. The summed E-state index contributed by atoms with van der Waals surface area (Å²) >= 11 is 0. The van der Waals surface area contributed by atoms with Gasteiger partial charge in [0, 0.05) is 18.3 Å². The van der Waals surface area contributed by atoms with Gasteiger partial charge in [0.1, 0.15) is 0 Å². The van der Waals surface area contributed by atoms with Crippen LogP contribution in [-0.2, 0) is 0 Å². The van der Waals surface area contributed by atoms with Crippen LogP contribution in [0.1, 0.15) is 30.9 Å². The summed E-state index contributed by atoms with van der Waals surface area (Å²) in [7, 11) is 1.62. The maximum Gasteiger partial charge on any atom is 0.212 e. The minimum Gasteiger partial charge on any atom is -0.481 e. The fourth-order valence-corrected chi connectivity index (χ4v) is 1.58. The highest BCUT2D eigenvalue weighted by Crippen LogP contribution is 2.36. The van der Waals surface area contributed by atoms with Crippen LogP contribution in [0.2, 0.25) is 0 Å². The number of nitrogens with two attached hydrogens (primary N) is 1. The summed E-state index contributed by atoms with van der Waals surface area (Å²) in [6, 6.07) is 4.00. The first-order valence-corrected chi connectivity index (χ1v) is 5.05. The fraction of sp³-hybridized carbons (Fsp3) is 0.545. The Kier molecular flexibility index (Phi) is 4.36. The highest BCUT2D eigenvalue weighted by molar-refractivity contribution is 5.85. The molecule has 1 aromatic rings. The maximum absolute atomic E-state index is 6.05. The first kappa shape index (κ1) is 12.3. The van der Waals surface area contributed by atoms with E-state index in [0.717, 1.165) is 17.9 Å². The van der Waals surface area contributed by atoms with Crippen molar-refractivity contribution in [2.45, 2.75) is 25.3 Å². The van der Waals surface area contributed by atoms with E-state index in [-0.39, 0.29) is 18.4 Å². The topological polar surface area (TPSA) is 48.1 Å². The first-order chi connectivity index (χ1) is 6.79. The average Bonchev–Trinajstić information content (AvgIpc) is 3.02. The van der Waals surface area contributed by atoms with E-state index in [1.165, 1.54) is 12.8 Å². The molecule has 0 aromatic carbocycles. The van der Waals surface area contributed by atoms with Gasteiger partial charge in [-0.3, -0.25) is 0 Å². The Hall–Kier alpha value is -0.800. The minimum atomic E-state index is 0. The molecule has 2 rings (SSSR count). The lowest BCUT2D eigenvalue weighted by Gasteiger charge is -2.10. The maximum atomic E-state index is 6.05. The lowest BCUT2D eigenvalue weighted by atomic mass is 10.0. The van der Waals surface area contributed by atoms with E-state index in [0.29, 0.717) is 5.88 Å². The van der Waals surface area contributed by atoms with Gasteiger partial charge in [0.15, 0.2) is 0 Å². The number of methoxy groups -OCH3 is 1. The van der Waals surface area contributed by atoms with Gasteiger partial charge in [0.25, 0.3) is 0 Å². The van der Waals surface area contributed by atoms with Gasteiger partial charge < -0.3 is 10.5 Å². The third kappa shape index (κ3) is 3.36.